The van der Waals surface area contributed by atoms with Crippen molar-refractivity contribution < 1.29 is 14.3 Å². The van der Waals surface area contributed by atoms with Gasteiger partial charge in [-0.3, -0.25) is 0 Å². The quantitative estimate of drug-likeness (QED) is 0.240. The maximum absolute atomic E-state index is 13.3. The van der Waals surface area contributed by atoms with Crippen LogP contribution in [0.3, 0.4) is 0 Å². The number of carbonyl (C=O) groups is 1. The molecule has 0 saturated carbocycles. The van der Waals surface area contributed by atoms with Crippen LogP contribution in [0.5, 0.6) is 11.5 Å². The van der Waals surface area contributed by atoms with Crippen molar-refractivity contribution in [1.29, 1.82) is 0 Å². The molecule has 4 aromatic carbocycles. The van der Waals surface area contributed by atoms with Crippen LogP contribution in [0.4, 0.5) is 17.1 Å². The van der Waals surface area contributed by atoms with Gasteiger partial charge in [0.25, 0.3) is 0 Å². The van der Waals surface area contributed by atoms with Gasteiger partial charge in [-0.2, -0.15) is 0 Å². The van der Waals surface area contributed by atoms with Crippen molar-refractivity contribution >= 4 is 34.6 Å². The molecule has 1 atom stereocenters. The monoisotopic (exact) mass is 524 g/mol. The minimum absolute atomic E-state index is 0.337. The van der Waals surface area contributed by atoms with Crippen molar-refractivity contribution in [1.82, 2.24) is 0 Å². The van der Waals surface area contributed by atoms with Gasteiger partial charge in [-0.15, -0.1) is 0 Å². The standard InChI is InChI=1S/C32H29ClN2O3/c1-4-34(5-2)21-15-17-25-30(20-21)37-29-18-16-22(35(6-3)28-14-10-9-13-27(28)33)19-26(29)32(25)24-12-8-7-11-23(24)31(36)38-32/h7-20H,4-6H2,1-3H3. The second kappa shape index (κ2) is 9.41. The Bertz CT molecular complexity index is 1550. The molecule has 2 heterocycles. The Kier molecular flexibility index (Phi) is 6.04. The molecule has 4 aromatic rings. The number of rotatable bonds is 6. The van der Waals surface area contributed by atoms with E-state index in [9.17, 15) is 4.79 Å². The Morgan fingerprint density at radius 1 is 0.737 bits per heavy atom. The average Bonchev–Trinajstić information content (AvgIpc) is 3.24. The molecule has 1 unspecified atom stereocenters. The van der Waals surface area contributed by atoms with Crippen LogP contribution < -0.4 is 14.5 Å². The van der Waals surface area contributed by atoms with Crippen LogP contribution in [0.2, 0.25) is 5.02 Å². The molecule has 0 aliphatic carbocycles. The van der Waals surface area contributed by atoms with Crippen molar-refractivity contribution in [3.8, 4) is 11.5 Å². The highest BCUT2D eigenvalue weighted by Gasteiger charge is 2.53. The number of esters is 1. The molecule has 0 radical (unpaired) electrons. The molecular weight excluding hydrogens is 496 g/mol. The van der Waals surface area contributed by atoms with Crippen LogP contribution in [-0.4, -0.2) is 25.6 Å². The summed E-state index contributed by atoms with van der Waals surface area (Å²) < 4.78 is 12.9. The maximum Gasteiger partial charge on any atom is 0.340 e. The number of hydrogen-bond donors (Lipinski definition) is 0. The number of halogens is 1. The summed E-state index contributed by atoms with van der Waals surface area (Å²) in [4.78, 5) is 17.7. The van der Waals surface area contributed by atoms with Crippen molar-refractivity contribution in [2.45, 2.75) is 26.4 Å². The molecule has 2 aliphatic rings. The van der Waals surface area contributed by atoms with Gasteiger partial charge in [-0.05, 0) is 69.3 Å². The first-order chi connectivity index (χ1) is 18.5. The Balaban J connectivity index is 1.58. The number of hydrogen-bond acceptors (Lipinski definition) is 5. The molecular formula is C32H29ClN2O3. The van der Waals surface area contributed by atoms with E-state index in [1.54, 1.807) is 0 Å². The van der Waals surface area contributed by atoms with E-state index in [-0.39, 0.29) is 5.97 Å². The molecule has 0 aromatic heterocycles. The van der Waals surface area contributed by atoms with Crippen LogP contribution in [0, 0.1) is 0 Å². The Labute approximate surface area is 228 Å². The second-order valence-electron chi connectivity index (χ2n) is 9.45. The topological polar surface area (TPSA) is 42.0 Å². The highest BCUT2D eigenvalue weighted by molar-refractivity contribution is 6.33. The number of fused-ring (bicyclic) bond motifs is 6. The normalized spacial score (nSPS) is 16.8. The van der Waals surface area contributed by atoms with Gasteiger partial charge in [0.1, 0.15) is 11.5 Å². The van der Waals surface area contributed by atoms with E-state index in [0.717, 1.165) is 46.8 Å². The second-order valence-corrected chi connectivity index (χ2v) is 9.85. The largest absolute Gasteiger partial charge is 0.456 e. The maximum atomic E-state index is 13.3. The Hall–Kier alpha value is -3.96. The zero-order valence-electron chi connectivity index (χ0n) is 21.7. The fraction of sp³-hybridized carbons (Fsp3) is 0.219. The summed E-state index contributed by atoms with van der Waals surface area (Å²) in [6, 6.07) is 27.7. The van der Waals surface area contributed by atoms with Crippen molar-refractivity contribution in [2.75, 3.05) is 29.4 Å². The summed E-state index contributed by atoms with van der Waals surface area (Å²) >= 11 is 6.59. The average molecular weight is 525 g/mol. The number of nitrogens with zero attached hydrogens (tertiary/aromatic N) is 2. The van der Waals surface area contributed by atoms with Gasteiger partial charge in [0.05, 0.1) is 16.3 Å². The summed E-state index contributed by atoms with van der Waals surface area (Å²) in [5.41, 5.74) is 4.80. The van der Waals surface area contributed by atoms with Gasteiger partial charge in [-0.25, -0.2) is 4.79 Å². The molecule has 6 heteroatoms. The van der Waals surface area contributed by atoms with Gasteiger partial charge < -0.3 is 19.3 Å². The number of para-hydroxylation sites is 1. The number of carbonyl (C=O) groups excluding carboxylic acids is 1. The first-order valence-corrected chi connectivity index (χ1v) is 13.5. The molecule has 6 rings (SSSR count). The first kappa shape index (κ1) is 24.4. The molecule has 38 heavy (non-hydrogen) atoms. The van der Waals surface area contributed by atoms with Crippen LogP contribution in [0.25, 0.3) is 0 Å². The predicted molar refractivity (Wildman–Crippen MR) is 152 cm³/mol. The van der Waals surface area contributed by atoms with E-state index in [1.165, 1.54) is 0 Å². The van der Waals surface area contributed by atoms with Gasteiger partial charge in [-0.1, -0.05) is 41.9 Å². The first-order valence-electron chi connectivity index (χ1n) is 13.1. The molecule has 0 saturated heterocycles. The van der Waals surface area contributed by atoms with Gasteiger partial charge >= 0.3 is 5.97 Å². The van der Waals surface area contributed by atoms with E-state index in [0.29, 0.717) is 28.6 Å². The fourth-order valence-electron chi connectivity index (χ4n) is 5.77. The third-order valence-corrected chi connectivity index (χ3v) is 7.90. The highest BCUT2D eigenvalue weighted by atomic mass is 35.5. The molecule has 0 N–H and O–H groups in total. The predicted octanol–water partition coefficient (Wildman–Crippen LogP) is 7.91. The summed E-state index contributed by atoms with van der Waals surface area (Å²) in [5.74, 6) is 1.02. The van der Waals surface area contributed by atoms with Crippen molar-refractivity contribution in [3.63, 3.8) is 0 Å². The lowest BCUT2D eigenvalue weighted by Crippen LogP contribution is -2.33. The molecule has 2 aliphatic heterocycles. The highest BCUT2D eigenvalue weighted by Crippen LogP contribution is 2.57. The van der Waals surface area contributed by atoms with Crippen LogP contribution in [0.15, 0.2) is 84.9 Å². The minimum atomic E-state index is -1.12. The molecule has 0 fully saturated rings. The van der Waals surface area contributed by atoms with Crippen LogP contribution in [0.1, 0.15) is 47.8 Å². The van der Waals surface area contributed by atoms with E-state index in [2.05, 4.69) is 48.8 Å². The van der Waals surface area contributed by atoms with E-state index >= 15 is 0 Å². The number of ether oxygens (including phenoxy) is 2. The minimum Gasteiger partial charge on any atom is -0.456 e. The van der Waals surface area contributed by atoms with E-state index in [4.69, 9.17) is 21.1 Å². The number of benzene rings is 4. The van der Waals surface area contributed by atoms with E-state index in [1.807, 2.05) is 66.7 Å². The zero-order valence-corrected chi connectivity index (χ0v) is 22.5. The lowest BCUT2D eigenvalue weighted by molar-refractivity contribution is 0.0224. The molecule has 1 spiro atoms. The molecule has 5 nitrogen and oxygen atoms in total. The summed E-state index contributed by atoms with van der Waals surface area (Å²) in [6.07, 6.45) is 0. The Morgan fingerprint density at radius 3 is 2.24 bits per heavy atom. The van der Waals surface area contributed by atoms with Crippen LogP contribution >= 0.6 is 11.6 Å². The van der Waals surface area contributed by atoms with Crippen molar-refractivity contribution in [2.24, 2.45) is 0 Å². The lowest BCUT2D eigenvalue weighted by Gasteiger charge is -2.38. The third-order valence-electron chi connectivity index (χ3n) is 7.58. The molecule has 0 bridgehead atoms. The van der Waals surface area contributed by atoms with Gasteiger partial charge in [0.2, 0.25) is 0 Å². The molecule has 192 valence electrons. The smallest absolute Gasteiger partial charge is 0.340 e. The van der Waals surface area contributed by atoms with Gasteiger partial charge in [0, 0.05) is 53.8 Å². The summed E-state index contributed by atoms with van der Waals surface area (Å²) in [7, 11) is 0. The lowest BCUT2D eigenvalue weighted by atomic mass is 9.77. The third kappa shape index (κ3) is 3.57. The fourth-order valence-corrected chi connectivity index (χ4v) is 6.00. The van der Waals surface area contributed by atoms with Gasteiger partial charge in [0.15, 0.2) is 5.60 Å². The summed E-state index contributed by atoms with van der Waals surface area (Å²) in [6.45, 7) is 8.83. The summed E-state index contributed by atoms with van der Waals surface area (Å²) in [5, 5.41) is 0.671. The number of anilines is 3. The Morgan fingerprint density at radius 2 is 1.47 bits per heavy atom. The van der Waals surface area contributed by atoms with Crippen molar-refractivity contribution in [3.05, 3.63) is 112 Å². The SMILES string of the molecule is CCN(CC)c1ccc2c(c1)Oc1ccc(N(CC)c3ccccc3Cl)cc1C21OC(=O)c2ccccc21. The molecule has 0 amide bonds. The zero-order chi connectivity index (χ0) is 26.4. The van der Waals surface area contributed by atoms with E-state index < -0.39 is 5.60 Å². The van der Waals surface area contributed by atoms with Crippen LogP contribution in [-0.2, 0) is 10.3 Å².